The minimum Gasteiger partial charge on any atom is -0.409 e. The molecule has 0 heterocycles. The van der Waals surface area contributed by atoms with Crippen LogP contribution in [0.15, 0.2) is 5.16 Å². The minimum atomic E-state index is -0.105. The number of nitrogens with zero attached hydrogens (tertiary/aromatic N) is 1. The maximum absolute atomic E-state index is 11.1. The fraction of sp³-hybridized carbons (Fsp3) is 0.750. The first-order valence-corrected chi connectivity index (χ1v) is 4.63. The van der Waals surface area contributed by atoms with E-state index in [-0.39, 0.29) is 18.3 Å². The highest BCUT2D eigenvalue weighted by molar-refractivity contribution is 5.80. The van der Waals surface area contributed by atoms with Crippen molar-refractivity contribution in [1.82, 2.24) is 10.6 Å². The normalized spacial score (nSPS) is 11.4. The van der Waals surface area contributed by atoms with E-state index in [1.165, 1.54) is 0 Å². The van der Waals surface area contributed by atoms with E-state index in [9.17, 15) is 4.79 Å². The second kappa shape index (κ2) is 9.22. The van der Waals surface area contributed by atoms with Gasteiger partial charge in [0.1, 0.15) is 5.84 Å². The molecule has 0 spiro atoms. The topological polar surface area (TPSA) is 109 Å². The Morgan fingerprint density at radius 3 is 2.87 bits per heavy atom. The third-order valence-electron chi connectivity index (χ3n) is 1.60. The number of nitrogens with two attached hydrogens (primary N) is 1. The van der Waals surface area contributed by atoms with E-state index in [1.54, 1.807) is 7.11 Å². The maximum atomic E-state index is 11.1. The molecule has 7 heteroatoms. The molecule has 0 fully saturated rings. The Balaban J connectivity index is 3.31. The smallest absolute Gasteiger partial charge is 0.234 e. The van der Waals surface area contributed by atoms with Gasteiger partial charge in [0.2, 0.25) is 5.91 Å². The number of rotatable bonds is 8. The molecule has 15 heavy (non-hydrogen) atoms. The van der Waals surface area contributed by atoms with Crippen molar-refractivity contribution in [1.29, 1.82) is 0 Å². The number of carbonyl (C=O) groups is 1. The zero-order chi connectivity index (χ0) is 11.5. The monoisotopic (exact) mass is 218 g/mol. The fourth-order valence-corrected chi connectivity index (χ4v) is 0.823. The first kappa shape index (κ1) is 13.7. The van der Waals surface area contributed by atoms with Crippen LogP contribution in [-0.2, 0) is 9.53 Å². The van der Waals surface area contributed by atoms with Gasteiger partial charge in [-0.2, -0.15) is 0 Å². The molecule has 0 saturated carbocycles. The summed E-state index contributed by atoms with van der Waals surface area (Å²) in [7, 11) is 1.57. The van der Waals surface area contributed by atoms with Gasteiger partial charge in [-0.25, -0.2) is 0 Å². The molecule has 0 saturated heterocycles. The van der Waals surface area contributed by atoms with Crippen LogP contribution in [0.2, 0.25) is 0 Å². The van der Waals surface area contributed by atoms with Gasteiger partial charge < -0.3 is 26.3 Å². The summed E-state index contributed by atoms with van der Waals surface area (Å²) < 4.78 is 4.77. The Kier molecular flexibility index (Phi) is 8.40. The highest BCUT2D eigenvalue weighted by Crippen LogP contribution is 1.76. The zero-order valence-electron chi connectivity index (χ0n) is 8.82. The van der Waals surface area contributed by atoms with E-state index in [1.807, 2.05) is 0 Å². The van der Waals surface area contributed by atoms with Gasteiger partial charge in [-0.3, -0.25) is 4.79 Å². The highest BCUT2D eigenvalue weighted by Gasteiger charge is 1.99. The molecule has 0 aliphatic carbocycles. The predicted molar refractivity (Wildman–Crippen MR) is 55.8 cm³/mol. The third kappa shape index (κ3) is 8.98. The van der Waals surface area contributed by atoms with Crippen LogP contribution in [0.5, 0.6) is 0 Å². The lowest BCUT2D eigenvalue weighted by Gasteiger charge is -2.05. The Labute approximate surface area is 88.7 Å². The van der Waals surface area contributed by atoms with E-state index >= 15 is 0 Å². The van der Waals surface area contributed by atoms with E-state index < -0.39 is 0 Å². The van der Waals surface area contributed by atoms with Gasteiger partial charge in [-0.1, -0.05) is 5.16 Å². The van der Waals surface area contributed by atoms with Crippen LogP contribution >= 0.6 is 0 Å². The molecule has 0 unspecified atom stereocenters. The number of amides is 1. The number of nitrogens with one attached hydrogen (secondary N) is 2. The summed E-state index contributed by atoms with van der Waals surface area (Å²) in [6.07, 6.45) is 0.405. The first-order chi connectivity index (χ1) is 7.20. The van der Waals surface area contributed by atoms with Gasteiger partial charge >= 0.3 is 0 Å². The highest BCUT2D eigenvalue weighted by atomic mass is 16.5. The molecule has 0 radical (unpaired) electrons. The molecule has 0 rings (SSSR count). The molecule has 88 valence electrons. The quantitative estimate of drug-likeness (QED) is 0.130. The SMILES string of the molecule is COCCNC(=O)CNCCC(N)=NO. The van der Waals surface area contributed by atoms with Crippen molar-refractivity contribution in [2.24, 2.45) is 10.9 Å². The summed E-state index contributed by atoms with van der Waals surface area (Å²) in [6, 6.07) is 0. The number of methoxy groups -OCH3 is 1. The molecule has 1 amide bonds. The number of amidine groups is 1. The second-order valence-electron chi connectivity index (χ2n) is 2.86. The van der Waals surface area contributed by atoms with Crippen LogP contribution in [0.1, 0.15) is 6.42 Å². The predicted octanol–water partition coefficient (Wildman–Crippen LogP) is -1.52. The van der Waals surface area contributed by atoms with Gasteiger partial charge in [0.05, 0.1) is 13.2 Å². The molecule has 0 aromatic rings. The Morgan fingerprint density at radius 1 is 1.53 bits per heavy atom. The summed E-state index contributed by atoms with van der Waals surface area (Å²) in [6.45, 7) is 1.70. The Bertz CT molecular complexity index is 208. The molecule has 7 nitrogen and oxygen atoms in total. The van der Waals surface area contributed by atoms with Gasteiger partial charge in [-0.05, 0) is 0 Å². The second-order valence-corrected chi connectivity index (χ2v) is 2.86. The van der Waals surface area contributed by atoms with Crippen molar-refractivity contribution in [3.05, 3.63) is 0 Å². The maximum Gasteiger partial charge on any atom is 0.234 e. The molecule has 0 aromatic carbocycles. The van der Waals surface area contributed by atoms with Crippen molar-refractivity contribution < 1.29 is 14.7 Å². The summed E-state index contributed by atoms with van der Waals surface area (Å²) >= 11 is 0. The van der Waals surface area contributed by atoms with E-state index in [2.05, 4.69) is 15.8 Å². The van der Waals surface area contributed by atoms with Gasteiger partial charge in [0, 0.05) is 26.6 Å². The molecule has 0 aliphatic heterocycles. The summed E-state index contributed by atoms with van der Waals surface area (Å²) in [5, 5.41) is 16.5. The molecular weight excluding hydrogens is 200 g/mol. The Hall–Kier alpha value is -1.34. The zero-order valence-corrected chi connectivity index (χ0v) is 8.82. The van der Waals surface area contributed by atoms with Crippen LogP contribution < -0.4 is 16.4 Å². The van der Waals surface area contributed by atoms with Crippen molar-refractivity contribution >= 4 is 11.7 Å². The summed E-state index contributed by atoms with van der Waals surface area (Å²) in [4.78, 5) is 11.1. The Morgan fingerprint density at radius 2 is 2.27 bits per heavy atom. The average molecular weight is 218 g/mol. The average Bonchev–Trinajstić information content (AvgIpc) is 2.24. The van der Waals surface area contributed by atoms with Crippen molar-refractivity contribution in [2.75, 3.05) is 33.4 Å². The molecular formula is C8H18N4O3. The van der Waals surface area contributed by atoms with E-state index in [4.69, 9.17) is 15.7 Å². The molecule has 0 atom stereocenters. The largest absolute Gasteiger partial charge is 0.409 e. The van der Waals surface area contributed by atoms with E-state index in [0.29, 0.717) is 26.1 Å². The number of hydrogen-bond donors (Lipinski definition) is 4. The summed E-state index contributed by atoms with van der Waals surface area (Å²) in [5.41, 5.74) is 5.23. The van der Waals surface area contributed by atoms with Crippen LogP contribution in [-0.4, -0.2) is 50.3 Å². The van der Waals surface area contributed by atoms with Crippen LogP contribution in [0.25, 0.3) is 0 Å². The lowest BCUT2D eigenvalue weighted by Crippen LogP contribution is -2.36. The molecule has 0 aromatic heterocycles. The van der Waals surface area contributed by atoms with Crippen molar-refractivity contribution in [3.8, 4) is 0 Å². The minimum absolute atomic E-state index is 0.105. The van der Waals surface area contributed by atoms with E-state index in [0.717, 1.165) is 0 Å². The lowest BCUT2D eigenvalue weighted by atomic mass is 10.4. The van der Waals surface area contributed by atoms with Gasteiger partial charge in [0.25, 0.3) is 0 Å². The number of oxime groups is 1. The number of carbonyl (C=O) groups excluding carboxylic acids is 1. The van der Waals surface area contributed by atoms with Crippen LogP contribution in [0.3, 0.4) is 0 Å². The fourth-order valence-electron chi connectivity index (χ4n) is 0.823. The first-order valence-electron chi connectivity index (χ1n) is 4.63. The van der Waals surface area contributed by atoms with Crippen molar-refractivity contribution in [3.63, 3.8) is 0 Å². The van der Waals surface area contributed by atoms with Crippen LogP contribution in [0, 0.1) is 0 Å². The molecule has 5 N–H and O–H groups in total. The summed E-state index contributed by atoms with van der Waals surface area (Å²) in [5.74, 6) is 0.0360. The standard InChI is InChI=1S/C8H18N4O3/c1-15-5-4-11-8(13)6-10-3-2-7(9)12-14/h10,14H,2-6H2,1H3,(H2,9,12)(H,11,13). The third-order valence-corrected chi connectivity index (χ3v) is 1.60. The van der Waals surface area contributed by atoms with Crippen LogP contribution in [0.4, 0.5) is 0 Å². The lowest BCUT2D eigenvalue weighted by molar-refractivity contribution is -0.120. The van der Waals surface area contributed by atoms with Gasteiger partial charge in [0.15, 0.2) is 0 Å². The molecule has 0 bridgehead atoms. The molecule has 0 aliphatic rings. The number of hydrogen-bond acceptors (Lipinski definition) is 5. The number of ether oxygens (including phenoxy) is 1. The van der Waals surface area contributed by atoms with Gasteiger partial charge in [-0.15, -0.1) is 0 Å². The van der Waals surface area contributed by atoms with Crippen molar-refractivity contribution in [2.45, 2.75) is 6.42 Å².